The lowest BCUT2D eigenvalue weighted by molar-refractivity contribution is -0.269. The van der Waals surface area contributed by atoms with Crippen LogP contribution in [0.1, 0.15) is 55.1 Å². The van der Waals surface area contributed by atoms with Crippen molar-refractivity contribution in [2.75, 3.05) is 38.7 Å². The highest BCUT2D eigenvalue weighted by molar-refractivity contribution is 6.31. The number of anilines is 1. The molecule has 0 saturated carbocycles. The van der Waals surface area contributed by atoms with Gasteiger partial charge in [0.2, 0.25) is 5.91 Å². The number of likely N-dealkylation sites (tertiary alicyclic amines) is 1. The number of benzene rings is 2. The van der Waals surface area contributed by atoms with Crippen molar-refractivity contribution in [2.24, 2.45) is 0 Å². The molecule has 2 heterocycles. The first-order valence-corrected chi connectivity index (χ1v) is 12.5. The van der Waals surface area contributed by atoms with E-state index in [0.29, 0.717) is 26.3 Å². The van der Waals surface area contributed by atoms with Gasteiger partial charge in [-0.1, -0.05) is 49.7 Å². The van der Waals surface area contributed by atoms with Crippen LogP contribution >= 0.6 is 11.6 Å². The summed E-state index contributed by atoms with van der Waals surface area (Å²) in [4.78, 5) is 28.6. The predicted octanol–water partition coefficient (Wildman–Crippen LogP) is 4.31. The standard InChI is InChI=1S/C27H33ClFN3O4/c1-16(2)18-8-6-7-9-20(18)27(14-32(15-27)17-12-35-26(3,4)36-13-17)25(34)31-23-11-22(29)21(28)10-19(23)24(33)30-5/h6-11,16-17H,12-15H2,1-5H3,(H,30,33)(H,31,34). The largest absolute Gasteiger partial charge is 0.355 e. The minimum absolute atomic E-state index is 0.0135. The molecule has 4 rings (SSSR count). The van der Waals surface area contributed by atoms with Gasteiger partial charge in [-0.15, -0.1) is 0 Å². The molecule has 2 N–H and O–H groups in total. The molecule has 2 aliphatic rings. The zero-order valence-corrected chi connectivity index (χ0v) is 22.0. The lowest BCUT2D eigenvalue weighted by Gasteiger charge is -2.54. The predicted molar refractivity (Wildman–Crippen MR) is 137 cm³/mol. The number of nitrogens with zero attached hydrogens (tertiary/aromatic N) is 1. The molecule has 0 bridgehead atoms. The van der Waals surface area contributed by atoms with Crippen LogP contribution in [0.3, 0.4) is 0 Å². The second-order valence-corrected chi connectivity index (χ2v) is 10.7. The number of halogens is 2. The highest BCUT2D eigenvalue weighted by Gasteiger charge is 2.54. The number of ether oxygens (including phenoxy) is 2. The maximum absolute atomic E-state index is 14.4. The highest BCUT2D eigenvalue weighted by Crippen LogP contribution is 2.42. The molecule has 0 aromatic heterocycles. The maximum atomic E-state index is 14.4. The van der Waals surface area contributed by atoms with Crippen LogP contribution in [0.15, 0.2) is 36.4 Å². The third-order valence-corrected chi connectivity index (χ3v) is 7.31. The van der Waals surface area contributed by atoms with E-state index in [4.69, 9.17) is 21.1 Å². The van der Waals surface area contributed by atoms with Gasteiger partial charge in [0, 0.05) is 20.1 Å². The van der Waals surface area contributed by atoms with Crippen LogP contribution in [0, 0.1) is 5.82 Å². The number of rotatable bonds is 6. The zero-order valence-electron chi connectivity index (χ0n) is 21.3. The van der Waals surface area contributed by atoms with Crippen molar-refractivity contribution in [3.8, 4) is 0 Å². The van der Waals surface area contributed by atoms with E-state index in [-0.39, 0.29) is 34.1 Å². The zero-order chi connectivity index (χ0) is 26.3. The van der Waals surface area contributed by atoms with Gasteiger partial charge in [0.15, 0.2) is 5.79 Å². The first-order valence-electron chi connectivity index (χ1n) is 12.1. The molecule has 2 amide bonds. The second kappa shape index (κ2) is 10.1. The van der Waals surface area contributed by atoms with Crippen molar-refractivity contribution < 1.29 is 23.5 Å². The van der Waals surface area contributed by atoms with Crippen LogP contribution in [0.2, 0.25) is 5.02 Å². The summed E-state index contributed by atoms with van der Waals surface area (Å²) in [5.41, 5.74) is 1.26. The van der Waals surface area contributed by atoms with Gasteiger partial charge < -0.3 is 20.1 Å². The number of hydrogen-bond donors (Lipinski definition) is 2. The topological polar surface area (TPSA) is 79.9 Å². The molecule has 0 aliphatic carbocycles. The van der Waals surface area contributed by atoms with Crippen molar-refractivity contribution in [1.29, 1.82) is 0 Å². The molecule has 2 fully saturated rings. The Bertz CT molecular complexity index is 1150. The Morgan fingerprint density at radius 2 is 1.78 bits per heavy atom. The Morgan fingerprint density at radius 3 is 2.39 bits per heavy atom. The molecule has 2 saturated heterocycles. The lowest BCUT2D eigenvalue weighted by atomic mass is 9.69. The maximum Gasteiger partial charge on any atom is 0.253 e. The van der Waals surface area contributed by atoms with Gasteiger partial charge in [-0.05, 0) is 43.0 Å². The van der Waals surface area contributed by atoms with Crippen LogP contribution < -0.4 is 10.6 Å². The Hall–Kier alpha value is -2.52. The Balaban J connectivity index is 1.68. The van der Waals surface area contributed by atoms with E-state index in [2.05, 4.69) is 29.4 Å². The van der Waals surface area contributed by atoms with Gasteiger partial charge in [0.05, 0.1) is 40.9 Å². The summed E-state index contributed by atoms with van der Waals surface area (Å²) in [6.45, 7) is 9.81. The molecule has 0 atom stereocenters. The fourth-order valence-corrected chi connectivity index (χ4v) is 5.05. The van der Waals surface area contributed by atoms with Gasteiger partial charge in [0.1, 0.15) is 5.82 Å². The van der Waals surface area contributed by atoms with E-state index < -0.39 is 22.9 Å². The normalized spacial score (nSPS) is 19.6. The number of amides is 2. The summed E-state index contributed by atoms with van der Waals surface area (Å²) >= 11 is 5.93. The van der Waals surface area contributed by atoms with E-state index in [1.54, 1.807) is 0 Å². The molecular weight excluding hydrogens is 485 g/mol. The van der Waals surface area contributed by atoms with Crippen molar-refractivity contribution in [3.05, 3.63) is 63.9 Å². The van der Waals surface area contributed by atoms with Gasteiger partial charge >= 0.3 is 0 Å². The smallest absolute Gasteiger partial charge is 0.253 e. The van der Waals surface area contributed by atoms with Gasteiger partial charge in [-0.3, -0.25) is 14.5 Å². The van der Waals surface area contributed by atoms with Crippen LogP contribution in [0.4, 0.5) is 10.1 Å². The number of carbonyl (C=O) groups excluding carboxylic acids is 2. The number of nitrogens with one attached hydrogen (secondary N) is 2. The van der Waals surface area contributed by atoms with Gasteiger partial charge in [-0.25, -0.2) is 4.39 Å². The van der Waals surface area contributed by atoms with Crippen molar-refractivity contribution >= 4 is 29.1 Å². The molecule has 2 aromatic rings. The van der Waals surface area contributed by atoms with Crippen LogP contribution in [0.25, 0.3) is 0 Å². The van der Waals surface area contributed by atoms with Crippen LogP contribution in [0.5, 0.6) is 0 Å². The highest BCUT2D eigenvalue weighted by atomic mass is 35.5. The Morgan fingerprint density at radius 1 is 1.14 bits per heavy atom. The minimum Gasteiger partial charge on any atom is -0.355 e. The molecule has 2 aromatic carbocycles. The summed E-state index contributed by atoms with van der Waals surface area (Å²) in [6.07, 6.45) is 0. The lowest BCUT2D eigenvalue weighted by Crippen LogP contribution is -2.69. The van der Waals surface area contributed by atoms with Crippen LogP contribution in [-0.4, -0.2) is 61.9 Å². The Labute approximate surface area is 216 Å². The first kappa shape index (κ1) is 26.5. The molecule has 194 valence electrons. The molecule has 9 heteroatoms. The van der Waals surface area contributed by atoms with Crippen LogP contribution in [-0.2, 0) is 19.7 Å². The fourth-order valence-electron chi connectivity index (χ4n) is 4.89. The summed E-state index contributed by atoms with van der Waals surface area (Å²) in [5, 5.41) is 5.17. The van der Waals surface area contributed by atoms with E-state index in [9.17, 15) is 14.0 Å². The Kier molecular flexibility index (Phi) is 7.44. The minimum atomic E-state index is -0.899. The SMILES string of the molecule is CNC(=O)c1cc(Cl)c(F)cc1NC(=O)C1(c2ccccc2C(C)C)CN(C2COC(C)(C)OC2)C1. The second-order valence-electron chi connectivity index (χ2n) is 10.2. The first-order chi connectivity index (χ1) is 17.0. The fraction of sp³-hybridized carbons (Fsp3) is 0.481. The van der Waals surface area contributed by atoms with Crippen molar-refractivity contribution in [1.82, 2.24) is 10.2 Å². The molecule has 36 heavy (non-hydrogen) atoms. The molecule has 7 nitrogen and oxygen atoms in total. The van der Waals surface area contributed by atoms with E-state index in [0.717, 1.165) is 17.2 Å². The molecule has 2 aliphatic heterocycles. The summed E-state index contributed by atoms with van der Waals surface area (Å²) in [6, 6.07) is 10.2. The quantitative estimate of drug-likeness (QED) is 0.597. The van der Waals surface area contributed by atoms with E-state index >= 15 is 0 Å². The summed E-state index contributed by atoms with van der Waals surface area (Å²) < 4.78 is 26.1. The monoisotopic (exact) mass is 517 g/mol. The summed E-state index contributed by atoms with van der Waals surface area (Å²) in [5.74, 6) is -1.94. The van der Waals surface area contributed by atoms with E-state index in [1.165, 1.54) is 13.1 Å². The number of hydrogen-bond acceptors (Lipinski definition) is 5. The average molecular weight is 518 g/mol. The average Bonchev–Trinajstić information content (AvgIpc) is 2.81. The summed E-state index contributed by atoms with van der Waals surface area (Å²) in [7, 11) is 1.46. The van der Waals surface area contributed by atoms with Crippen molar-refractivity contribution in [2.45, 2.75) is 50.9 Å². The molecular formula is C27H33ClFN3O4. The third kappa shape index (κ3) is 5.00. The van der Waals surface area contributed by atoms with Gasteiger partial charge in [-0.2, -0.15) is 0 Å². The van der Waals surface area contributed by atoms with Gasteiger partial charge in [0.25, 0.3) is 5.91 Å². The molecule has 0 unspecified atom stereocenters. The molecule has 0 spiro atoms. The van der Waals surface area contributed by atoms with E-state index in [1.807, 2.05) is 38.1 Å². The number of carbonyl (C=O) groups is 2. The van der Waals surface area contributed by atoms with Crippen molar-refractivity contribution in [3.63, 3.8) is 0 Å². The third-order valence-electron chi connectivity index (χ3n) is 7.02. The molecule has 0 radical (unpaired) electrons.